The minimum atomic E-state index is -1.70. The van der Waals surface area contributed by atoms with E-state index in [9.17, 15) is 14.4 Å². The first-order valence-electron chi connectivity index (χ1n) is 7.23. The molecule has 0 aliphatic heterocycles. The van der Waals surface area contributed by atoms with E-state index in [1.807, 2.05) is 13.0 Å². The quantitative estimate of drug-likeness (QED) is 0.891. The van der Waals surface area contributed by atoms with Crippen molar-refractivity contribution in [3.63, 3.8) is 0 Å². The van der Waals surface area contributed by atoms with E-state index in [-0.39, 0.29) is 0 Å². The molecule has 0 bridgehead atoms. The predicted octanol–water partition coefficient (Wildman–Crippen LogP) is 3.20. The lowest BCUT2D eigenvalue weighted by atomic mass is 9.92. The Kier molecular flexibility index (Phi) is 5.32. The van der Waals surface area contributed by atoms with Gasteiger partial charge in [0.05, 0.1) is 12.7 Å². The number of alkyl halides is 1. The van der Waals surface area contributed by atoms with Crippen LogP contribution in [0.2, 0.25) is 0 Å². The molecular weight excluding hydrogens is 295 g/mol. The highest BCUT2D eigenvalue weighted by molar-refractivity contribution is 5.95. The normalized spacial score (nSPS) is 12.7. The number of nitrogens with zero attached hydrogens (tertiary/aromatic N) is 1. The van der Waals surface area contributed by atoms with Crippen molar-refractivity contribution in [2.75, 3.05) is 13.3 Å². The van der Waals surface area contributed by atoms with Gasteiger partial charge in [0.15, 0.2) is 5.54 Å². The number of rotatable bonds is 6. The second-order valence-corrected chi connectivity index (χ2v) is 4.93. The smallest absolute Gasteiger partial charge is 0.252 e. The summed E-state index contributed by atoms with van der Waals surface area (Å²) in [5.41, 5.74) is -0.960. The zero-order valence-electron chi connectivity index (χ0n) is 12.8. The van der Waals surface area contributed by atoms with Gasteiger partial charge in [0.1, 0.15) is 12.4 Å². The van der Waals surface area contributed by atoms with Crippen LogP contribution < -0.4 is 10.1 Å². The Morgan fingerprint density at radius 2 is 1.87 bits per heavy atom. The fourth-order valence-corrected chi connectivity index (χ4v) is 2.16. The third-order valence-corrected chi connectivity index (χ3v) is 3.41. The average Bonchev–Trinajstić information content (AvgIpc) is 2.61. The Balaban J connectivity index is 2.23. The molecule has 4 nitrogen and oxygen atoms in total. The highest BCUT2D eigenvalue weighted by Gasteiger charge is 2.34. The summed E-state index contributed by atoms with van der Waals surface area (Å²) in [5.74, 6) is 0.125. The van der Waals surface area contributed by atoms with Crippen LogP contribution in [0.4, 0.5) is 4.39 Å². The number of benzene rings is 2. The molecule has 23 heavy (non-hydrogen) atoms. The number of hydrogen-bond donors (Lipinski definition) is 1. The monoisotopic (exact) mass is 312 g/mol. The molecule has 5 heteroatoms. The minimum Gasteiger partial charge on any atom is -0.494 e. The molecule has 1 unspecified atom stereocenters. The van der Waals surface area contributed by atoms with Crippen LogP contribution in [0.5, 0.6) is 5.75 Å². The van der Waals surface area contributed by atoms with E-state index in [1.165, 1.54) is 0 Å². The Morgan fingerprint density at radius 3 is 2.39 bits per heavy atom. The van der Waals surface area contributed by atoms with Crippen LogP contribution in [-0.4, -0.2) is 19.2 Å². The molecule has 1 N–H and O–H groups in total. The first kappa shape index (κ1) is 16.5. The highest BCUT2D eigenvalue weighted by Crippen LogP contribution is 2.22. The largest absolute Gasteiger partial charge is 0.494 e. The second kappa shape index (κ2) is 7.41. The van der Waals surface area contributed by atoms with Gasteiger partial charge >= 0.3 is 0 Å². The van der Waals surface area contributed by atoms with E-state index in [1.54, 1.807) is 54.6 Å². The number of carbonyl (C=O) groups is 1. The summed E-state index contributed by atoms with van der Waals surface area (Å²) in [6, 6.07) is 16.7. The van der Waals surface area contributed by atoms with Crippen molar-refractivity contribution >= 4 is 5.91 Å². The van der Waals surface area contributed by atoms with E-state index in [2.05, 4.69) is 5.32 Å². The minimum absolute atomic E-state index is 0.331. The van der Waals surface area contributed by atoms with Gasteiger partial charge in [0, 0.05) is 5.56 Å². The molecule has 1 amide bonds. The third-order valence-electron chi connectivity index (χ3n) is 3.41. The molecule has 0 aliphatic carbocycles. The standard InChI is InChI=1S/C18H17FN2O2/c1-2-23-16-10-8-14(9-11-16)17(22)21-18(12-19,13-20)15-6-4-3-5-7-15/h3-11H,2,12H2,1H3,(H,21,22). The van der Waals surface area contributed by atoms with Gasteiger partial charge in [-0.25, -0.2) is 4.39 Å². The van der Waals surface area contributed by atoms with Crippen molar-refractivity contribution < 1.29 is 13.9 Å². The van der Waals surface area contributed by atoms with Crippen molar-refractivity contribution in [1.82, 2.24) is 5.32 Å². The summed E-state index contributed by atoms with van der Waals surface area (Å²) in [7, 11) is 0. The second-order valence-electron chi connectivity index (χ2n) is 4.93. The van der Waals surface area contributed by atoms with E-state index < -0.39 is 18.1 Å². The summed E-state index contributed by atoms with van der Waals surface area (Å²) in [6.45, 7) is 1.37. The zero-order valence-corrected chi connectivity index (χ0v) is 12.8. The Labute approximate surface area is 134 Å². The SMILES string of the molecule is CCOc1ccc(C(=O)NC(C#N)(CF)c2ccccc2)cc1. The maximum Gasteiger partial charge on any atom is 0.252 e. The molecule has 0 radical (unpaired) electrons. The number of amides is 1. The maximum absolute atomic E-state index is 13.6. The van der Waals surface area contributed by atoms with Gasteiger partial charge in [-0.3, -0.25) is 4.79 Å². The van der Waals surface area contributed by atoms with Crippen molar-refractivity contribution in [2.24, 2.45) is 0 Å². The van der Waals surface area contributed by atoms with E-state index in [0.717, 1.165) is 0 Å². The van der Waals surface area contributed by atoms with Crippen LogP contribution in [0.3, 0.4) is 0 Å². The van der Waals surface area contributed by atoms with Crippen molar-refractivity contribution in [3.05, 3.63) is 65.7 Å². The molecule has 2 aromatic rings. The number of carbonyl (C=O) groups excluding carboxylic acids is 1. The molecule has 0 saturated heterocycles. The van der Waals surface area contributed by atoms with Gasteiger partial charge < -0.3 is 10.1 Å². The zero-order chi connectivity index (χ0) is 16.7. The Bertz CT molecular complexity index is 695. The van der Waals surface area contributed by atoms with Crippen molar-refractivity contribution in [3.8, 4) is 11.8 Å². The summed E-state index contributed by atoms with van der Waals surface area (Å²) < 4.78 is 18.9. The first-order chi connectivity index (χ1) is 11.1. The first-order valence-corrected chi connectivity index (χ1v) is 7.23. The third kappa shape index (κ3) is 3.67. The molecular formula is C18H17FN2O2. The predicted molar refractivity (Wildman–Crippen MR) is 84.8 cm³/mol. The van der Waals surface area contributed by atoms with Crippen LogP contribution in [0.15, 0.2) is 54.6 Å². The fourth-order valence-electron chi connectivity index (χ4n) is 2.16. The van der Waals surface area contributed by atoms with Gasteiger partial charge in [-0.2, -0.15) is 5.26 Å². The highest BCUT2D eigenvalue weighted by atomic mass is 19.1. The topological polar surface area (TPSA) is 62.1 Å². The summed E-state index contributed by atoms with van der Waals surface area (Å²) >= 11 is 0. The van der Waals surface area contributed by atoms with E-state index >= 15 is 0 Å². The number of nitrogens with one attached hydrogen (secondary N) is 1. The summed E-state index contributed by atoms with van der Waals surface area (Å²) in [4.78, 5) is 12.4. The molecule has 118 valence electrons. The van der Waals surface area contributed by atoms with Gasteiger partial charge in [0.2, 0.25) is 0 Å². The molecule has 0 saturated carbocycles. The lowest BCUT2D eigenvalue weighted by Crippen LogP contribution is -2.46. The molecule has 0 aromatic heterocycles. The van der Waals surface area contributed by atoms with Gasteiger partial charge in [-0.1, -0.05) is 30.3 Å². The van der Waals surface area contributed by atoms with E-state index in [4.69, 9.17) is 4.74 Å². The summed E-state index contributed by atoms with van der Waals surface area (Å²) in [6.07, 6.45) is 0. The van der Waals surface area contributed by atoms with Crippen LogP contribution >= 0.6 is 0 Å². The Hall–Kier alpha value is -2.87. The van der Waals surface area contributed by atoms with Crippen molar-refractivity contribution in [1.29, 1.82) is 5.26 Å². The molecule has 0 heterocycles. The average molecular weight is 312 g/mol. The van der Waals surface area contributed by atoms with Crippen LogP contribution in [0.1, 0.15) is 22.8 Å². The molecule has 0 fully saturated rings. The molecule has 2 rings (SSSR count). The molecule has 0 aliphatic rings. The number of nitriles is 1. The van der Waals surface area contributed by atoms with E-state index in [0.29, 0.717) is 23.5 Å². The van der Waals surface area contributed by atoms with Gasteiger partial charge in [0.25, 0.3) is 5.91 Å². The lowest BCUT2D eigenvalue weighted by molar-refractivity contribution is 0.0906. The lowest BCUT2D eigenvalue weighted by Gasteiger charge is -2.25. The number of hydrogen-bond acceptors (Lipinski definition) is 3. The number of ether oxygens (including phenoxy) is 1. The maximum atomic E-state index is 13.6. The van der Waals surface area contributed by atoms with Crippen LogP contribution in [-0.2, 0) is 5.54 Å². The molecule has 1 atom stereocenters. The van der Waals surface area contributed by atoms with Crippen LogP contribution in [0, 0.1) is 11.3 Å². The van der Waals surface area contributed by atoms with Crippen molar-refractivity contribution in [2.45, 2.75) is 12.5 Å². The molecule has 2 aromatic carbocycles. The van der Waals surface area contributed by atoms with Gasteiger partial charge in [-0.05, 0) is 36.8 Å². The molecule has 0 spiro atoms. The fraction of sp³-hybridized carbons (Fsp3) is 0.222. The number of halogens is 1. The summed E-state index contributed by atoms with van der Waals surface area (Å²) in [5, 5.41) is 11.9. The van der Waals surface area contributed by atoms with Crippen LogP contribution in [0.25, 0.3) is 0 Å². The Morgan fingerprint density at radius 1 is 1.22 bits per heavy atom. The van der Waals surface area contributed by atoms with Gasteiger partial charge in [-0.15, -0.1) is 0 Å².